The molecule has 1 aliphatic rings. The number of aromatic nitrogens is 5. The van der Waals surface area contributed by atoms with Gasteiger partial charge in [0.05, 0.1) is 24.8 Å². The fourth-order valence-corrected chi connectivity index (χ4v) is 4.35. The zero-order valence-corrected chi connectivity index (χ0v) is 19.0. The molecule has 0 amide bonds. The lowest BCUT2D eigenvalue weighted by molar-refractivity contribution is -1.02. The van der Waals surface area contributed by atoms with Gasteiger partial charge in [0.2, 0.25) is 5.82 Å². The Morgan fingerprint density at radius 1 is 1.19 bits per heavy atom. The Hall–Kier alpha value is -2.78. The van der Waals surface area contributed by atoms with Crippen molar-refractivity contribution in [3.8, 4) is 5.75 Å². The lowest BCUT2D eigenvalue weighted by Gasteiger charge is -2.33. The minimum atomic E-state index is -0.292. The predicted octanol–water partition coefficient (Wildman–Crippen LogP) is -0.829. The molecule has 3 N–H and O–H groups in total. The maximum Gasteiger partial charge on any atom is 0.258 e. The van der Waals surface area contributed by atoms with Crippen molar-refractivity contribution in [1.82, 2.24) is 25.2 Å². The number of rotatable bonds is 5. The second-order valence-electron chi connectivity index (χ2n) is 9.40. The zero-order chi connectivity index (χ0) is 22.2. The number of tetrazole rings is 1. The molecule has 0 aliphatic carbocycles. The van der Waals surface area contributed by atoms with Crippen molar-refractivity contribution < 1.29 is 14.5 Å². The zero-order valence-electron chi connectivity index (χ0n) is 19.0. The minimum Gasteiger partial charge on any atom is -0.494 e. The predicted molar refractivity (Wildman–Crippen MR) is 118 cm³/mol. The smallest absolute Gasteiger partial charge is 0.258 e. The van der Waals surface area contributed by atoms with Crippen molar-refractivity contribution in [3.63, 3.8) is 0 Å². The van der Waals surface area contributed by atoms with Gasteiger partial charge in [-0.2, -0.15) is 0 Å². The summed E-state index contributed by atoms with van der Waals surface area (Å²) in [5.41, 5.74) is 1.10. The number of ether oxygens (including phenoxy) is 1. The van der Waals surface area contributed by atoms with E-state index in [1.165, 1.54) is 9.80 Å². The molecule has 3 heterocycles. The highest BCUT2D eigenvalue weighted by atomic mass is 16.5. The molecular weight excluding hydrogens is 394 g/mol. The molecule has 4 rings (SSSR count). The normalized spacial score (nSPS) is 20.7. The highest BCUT2D eigenvalue weighted by molar-refractivity contribution is 5.80. The molecule has 0 radical (unpaired) electrons. The lowest BCUT2D eigenvalue weighted by Crippen LogP contribution is -3.27. The van der Waals surface area contributed by atoms with Crippen LogP contribution in [0.3, 0.4) is 0 Å². The summed E-state index contributed by atoms with van der Waals surface area (Å²) in [6.45, 7) is 12.8. The molecule has 0 unspecified atom stereocenters. The molecule has 9 heteroatoms. The number of pyridine rings is 1. The van der Waals surface area contributed by atoms with Crippen LogP contribution in [0.5, 0.6) is 5.75 Å². The summed E-state index contributed by atoms with van der Waals surface area (Å²) < 4.78 is 7.53. The Bertz CT molecular complexity index is 1110. The number of nitrogens with one attached hydrogen (secondary N) is 3. The summed E-state index contributed by atoms with van der Waals surface area (Å²) in [6.07, 6.45) is 0. The van der Waals surface area contributed by atoms with Crippen LogP contribution in [-0.2, 0) is 5.54 Å². The van der Waals surface area contributed by atoms with E-state index in [4.69, 9.17) is 4.74 Å². The Balaban J connectivity index is 1.87. The van der Waals surface area contributed by atoms with E-state index in [0.717, 1.165) is 48.7 Å². The van der Waals surface area contributed by atoms with Gasteiger partial charge in [-0.1, -0.05) is 0 Å². The van der Waals surface area contributed by atoms with Crippen molar-refractivity contribution in [2.75, 3.05) is 39.8 Å². The summed E-state index contributed by atoms with van der Waals surface area (Å²) in [5.74, 6) is 1.52. The SMILES string of the molecule is CCOc1ccc2[nH]c(=O)c([C@H](c3nnnn3C(C)(C)C)[NH+]3CC[NH+](C)CC3)cc2c1. The van der Waals surface area contributed by atoms with Crippen LogP contribution in [-0.4, -0.2) is 65.0 Å². The maximum atomic E-state index is 13.3. The average Bonchev–Trinajstić information content (AvgIpc) is 3.20. The molecule has 1 atom stereocenters. The largest absolute Gasteiger partial charge is 0.494 e. The second-order valence-corrected chi connectivity index (χ2v) is 9.40. The number of hydrogen-bond acceptors (Lipinski definition) is 5. The third-order valence-electron chi connectivity index (χ3n) is 6.01. The molecule has 9 nitrogen and oxygen atoms in total. The lowest BCUT2D eigenvalue weighted by atomic mass is 10.0. The summed E-state index contributed by atoms with van der Waals surface area (Å²) in [5, 5.41) is 13.6. The first-order valence-electron chi connectivity index (χ1n) is 11.0. The fraction of sp³-hybridized carbons (Fsp3) is 0.545. The number of quaternary nitrogens is 2. The van der Waals surface area contributed by atoms with Crippen LogP contribution in [0.4, 0.5) is 0 Å². The molecule has 31 heavy (non-hydrogen) atoms. The second kappa shape index (κ2) is 8.39. The first-order chi connectivity index (χ1) is 14.8. The first-order valence-corrected chi connectivity index (χ1v) is 11.0. The van der Waals surface area contributed by atoms with Crippen LogP contribution in [0.1, 0.15) is 45.1 Å². The molecule has 0 bridgehead atoms. The van der Waals surface area contributed by atoms with Gasteiger partial charge in [0, 0.05) is 10.9 Å². The summed E-state index contributed by atoms with van der Waals surface area (Å²) in [6, 6.07) is 7.50. The van der Waals surface area contributed by atoms with Gasteiger partial charge in [-0.25, -0.2) is 4.68 Å². The molecule has 1 saturated heterocycles. The van der Waals surface area contributed by atoms with Gasteiger partial charge in [-0.05, 0) is 62.4 Å². The molecule has 2 aromatic heterocycles. The molecule has 0 saturated carbocycles. The van der Waals surface area contributed by atoms with Gasteiger partial charge in [0.25, 0.3) is 5.56 Å². The fourth-order valence-electron chi connectivity index (χ4n) is 4.35. The third-order valence-corrected chi connectivity index (χ3v) is 6.01. The number of benzene rings is 1. The maximum absolute atomic E-state index is 13.3. The van der Waals surface area contributed by atoms with Gasteiger partial charge >= 0.3 is 0 Å². The number of nitrogens with zero attached hydrogens (tertiary/aromatic N) is 4. The van der Waals surface area contributed by atoms with Crippen LogP contribution in [0, 0.1) is 0 Å². The molecule has 1 aromatic carbocycles. The number of H-pyrrole nitrogens is 1. The Kier molecular flexibility index (Phi) is 5.81. The van der Waals surface area contributed by atoms with Crippen molar-refractivity contribution in [1.29, 1.82) is 0 Å². The van der Waals surface area contributed by atoms with Gasteiger partial charge in [0.1, 0.15) is 31.9 Å². The molecule has 0 spiro atoms. The van der Waals surface area contributed by atoms with Gasteiger partial charge in [0.15, 0.2) is 6.04 Å². The van der Waals surface area contributed by atoms with E-state index in [1.54, 1.807) is 0 Å². The number of hydrogen-bond donors (Lipinski definition) is 3. The van der Waals surface area contributed by atoms with E-state index in [-0.39, 0.29) is 17.1 Å². The average molecular weight is 428 g/mol. The van der Waals surface area contributed by atoms with Crippen molar-refractivity contribution in [3.05, 3.63) is 46.0 Å². The highest BCUT2D eigenvalue weighted by Crippen LogP contribution is 2.24. The van der Waals surface area contributed by atoms with E-state index >= 15 is 0 Å². The monoisotopic (exact) mass is 427 g/mol. The van der Waals surface area contributed by atoms with E-state index < -0.39 is 0 Å². The van der Waals surface area contributed by atoms with Crippen LogP contribution in [0.15, 0.2) is 29.1 Å². The number of piperazine rings is 1. The van der Waals surface area contributed by atoms with Crippen molar-refractivity contribution in [2.45, 2.75) is 39.3 Å². The first kappa shape index (κ1) is 21.5. The van der Waals surface area contributed by atoms with Crippen LogP contribution < -0.4 is 20.1 Å². The van der Waals surface area contributed by atoms with E-state index in [1.807, 2.05) is 35.9 Å². The van der Waals surface area contributed by atoms with Gasteiger partial charge < -0.3 is 19.5 Å². The quantitative estimate of drug-likeness (QED) is 0.494. The van der Waals surface area contributed by atoms with Crippen LogP contribution in [0.2, 0.25) is 0 Å². The Labute approximate surface area is 182 Å². The van der Waals surface area contributed by atoms with Crippen LogP contribution in [0.25, 0.3) is 10.9 Å². The number of aromatic amines is 1. The molecule has 166 valence electrons. The topological polar surface area (TPSA) is 94.6 Å². The highest BCUT2D eigenvalue weighted by Gasteiger charge is 2.38. The van der Waals surface area contributed by atoms with E-state index in [9.17, 15) is 4.79 Å². The van der Waals surface area contributed by atoms with Gasteiger partial charge in [-0.15, -0.1) is 5.10 Å². The van der Waals surface area contributed by atoms with Crippen molar-refractivity contribution in [2.24, 2.45) is 0 Å². The summed E-state index contributed by atoms with van der Waals surface area (Å²) in [4.78, 5) is 19.2. The summed E-state index contributed by atoms with van der Waals surface area (Å²) in [7, 11) is 2.21. The molecule has 3 aromatic rings. The minimum absolute atomic E-state index is 0.0936. The summed E-state index contributed by atoms with van der Waals surface area (Å²) >= 11 is 0. The van der Waals surface area contributed by atoms with Gasteiger partial charge in [-0.3, -0.25) is 4.79 Å². The van der Waals surface area contributed by atoms with E-state index in [0.29, 0.717) is 12.2 Å². The molecular formula is C22H33N7O2+2. The molecule has 1 aliphatic heterocycles. The number of likely N-dealkylation sites (N-methyl/N-ethyl adjacent to an activating group) is 1. The standard InChI is InChI=1S/C22H31N7O2/c1-6-31-16-7-8-18-15(13-16)14-17(21(30)23-18)19(28-11-9-27(5)10-12-28)20-24-25-26-29(20)22(2,3)4/h7-8,13-14,19H,6,9-12H2,1-5H3,(H,23,30)/p+2/t19-/m1/s1. The Morgan fingerprint density at radius 3 is 2.61 bits per heavy atom. The molecule has 1 fully saturated rings. The third kappa shape index (κ3) is 4.33. The number of fused-ring (bicyclic) bond motifs is 1. The van der Waals surface area contributed by atoms with E-state index in [2.05, 4.69) is 48.3 Å². The Morgan fingerprint density at radius 2 is 1.94 bits per heavy atom. The van der Waals surface area contributed by atoms with Crippen LogP contribution >= 0.6 is 0 Å². The van der Waals surface area contributed by atoms with Crippen molar-refractivity contribution >= 4 is 10.9 Å².